The van der Waals surface area contributed by atoms with Crippen LogP contribution in [0.2, 0.25) is 0 Å². The molecule has 2 aliphatic rings. The van der Waals surface area contributed by atoms with Gasteiger partial charge in [-0.1, -0.05) is 43.2 Å². The fraction of sp³-hybridized carbons (Fsp3) is 0.636. The molecule has 2 saturated heterocycles. The van der Waals surface area contributed by atoms with Gasteiger partial charge in [0.2, 0.25) is 11.8 Å². The van der Waals surface area contributed by atoms with Gasteiger partial charge in [0.05, 0.1) is 19.2 Å². The zero-order valence-electron chi connectivity index (χ0n) is 19.2. The summed E-state index contributed by atoms with van der Waals surface area (Å²) >= 11 is 0. The second kappa shape index (κ2) is 17.5. The molecule has 1 radical (unpaired) electrons. The Kier molecular flexibility index (Phi) is 16.0. The van der Waals surface area contributed by atoms with Gasteiger partial charge in [-0.3, -0.25) is 9.59 Å². The quantitative estimate of drug-likeness (QED) is 0.410. The molecular weight excluding hydrogens is 500 g/mol. The Morgan fingerprint density at radius 2 is 1.79 bits per heavy atom. The van der Waals surface area contributed by atoms with Crippen molar-refractivity contribution >= 4 is 18.9 Å². The number of amides is 2. The van der Waals surface area contributed by atoms with Crippen LogP contribution in [-0.4, -0.2) is 85.3 Å². The van der Waals surface area contributed by atoms with Gasteiger partial charge < -0.3 is 36.1 Å². The average molecular weight is 535 g/mol. The van der Waals surface area contributed by atoms with E-state index in [-0.39, 0.29) is 45.0 Å². The molecule has 1 aromatic rings. The first kappa shape index (κ1) is 30.2. The van der Waals surface area contributed by atoms with Gasteiger partial charge in [-0.25, -0.2) is 0 Å². The molecule has 3 rings (SSSR count). The van der Waals surface area contributed by atoms with E-state index >= 15 is 0 Å². The summed E-state index contributed by atoms with van der Waals surface area (Å²) in [5.41, 5.74) is 9.05. The predicted molar refractivity (Wildman–Crippen MR) is 124 cm³/mol. The van der Waals surface area contributed by atoms with E-state index in [1.807, 2.05) is 30.3 Å². The SMILES string of the molecule is C1CC[N-]C1.[NH-]C(CC(=O)N1CCOCC1)C(=O)NC(CCCc1ccccc1)B(O)O.[Y]. The number of morpholine rings is 1. The molecule has 0 bridgehead atoms. The summed E-state index contributed by atoms with van der Waals surface area (Å²) < 4.78 is 5.18. The van der Waals surface area contributed by atoms with Crippen molar-refractivity contribution in [3.8, 4) is 0 Å². The Balaban J connectivity index is 0.000000799. The predicted octanol–water partition coefficient (Wildman–Crippen LogP) is 1.33. The van der Waals surface area contributed by atoms with Gasteiger partial charge in [-0.15, -0.1) is 13.1 Å². The van der Waals surface area contributed by atoms with Crippen molar-refractivity contribution in [2.75, 3.05) is 39.4 Å². The number of aryl methyl sites for hydroxylation is 1. The van der Waals surface area contributed by atoms with Crippen LogP contribution in [0.5, 0.6) is 0 Å². The smallest absolute Gasteiger partial charge is 0.475 e. The molecule has 2 unspecified atom stereocenters. The van der Waals surface area contributed by atoms with Crippen LogP contribution in [-0.2, 0) is 53.5 Å². The third kappa shape index (κ3) is 12.4. The molecule has 4 N–H and O–H groups in total. The van der Waals surface area contributed by atoms with Crippen LogP contribution in [0.3, 0.4) is 0 Å². The van der Waals surface area contributed by atoms with Gasteiger partial charge in [-0.05, 0) is 30.9 Å². The summed E-state index contributed by atoms with van der Waals surface area (Å²) in [7, 11) is -1.72. The Labute approximate surface area is 222 Å². The number of hydrogen-bond donors (Lipinski definition) is 3. The monoisotopic (exact) mass is 535 g/mol. The van der Waals surface area contributed by atoms with E-state index in [1.165, 1.54) is 12.8 Å². The molecular formula is C22H35BN4O5Y-2. The zero-order valence-corrected chi connectivity index (χ0v) is 22.0. The maximum atomic E-state index is 12.2. The van der Waals surface area contributed by atoms with Crippen molar-refractivity contribution in [3.05, 3.63) is 46.9 Å². The van der Waals surface area contributed by atoms with Crippen molar-refractivity contribution in [2.24, 2.45) is 0 Å². The summed E-state index contributed by atoms with van der Waals surface area (Å²) in [6.45, 7) is 4.09. The van der Waals surface area contributed by atoms with Crippen LogP contribution in [0.15, 0.2) is 30.3 Å². The molecule has 2 fully saturated rings. The first-order valence-corrected chi connectivity index (χ1v) is 11.4. The summed E-state index contributed by atoms with van der Waals surface area (Å²) in [4.78, 5) is 25.9. The number of carbonyl (C=O) groups excluding carboxylic acids is 2. The number of benzene rings is 1. The molecule has 0 aromatic heterocycles. The van der Waals surface area contributed by atoms with E-state index in [1.54, 1.807) is 4.90 Å². The standard InChI is InChI=1S/C18H27BN3O5.C4H8N.Y/c20-15(13-17(23)22-9-11-27-12-10-22)18(24)21-16(19(25)26)8-4-7-14-5-2-1-3-6-14;1-2-4-5-3-1;/h1-3,5-6,15-16,20,25-26H,4,7-13H2,(H,21,24);1-4H2;/q2*-1;. The van der Waals surface area contributed by atoms with E-state index in [2.05, 4.69) is 10.6 Å². The zero-order chi connectivity index (χ0) is 23.2. The average Bonchev–Trinajstić information content (AvgIpc) is 3.40. The first-order valence-electron chi connectivity index (χ1n) is 11.4. The summed E-state index contributed by atoms with van der Waals surface area (Å²) in [6, 6.07) is 8.49. The van der Waals surface area contributed by atoms with E-state index in [0.29, 0.717) is 39.1 Å². The maximum Gasteiger partial charge on any atom is 0.475 e. The van der Waals surface area contributed by atoms with Crippen molar-refractivity contribution < 1.29 is 57.1 Å². The molecule has 2 aliphatic heterocycles. The molecule has 181 valence electrons. The van der Waals surface area contributed by atoms with Gasteiger partial charge in [-0.2, -0.15) is 0 Å². The minimum Gasteiger partial charge on any atom is -0.666 e. The van der Waals surface area contributed by atoms with Crippen LogP contribution in [0, 0.1) is 0 Å². The van der Waals surface area contributed by atoms with E-state index in [4.69, 9.17) is 10.5 Å². The van der Waals surface area contributed by atoms with Gasteiger partial charge in [0.15, 0.2) is 0 Å². The molecule has 33 heavy (non-hydrogen) atoms. The Morgan fingerprint density at radius 3 is 2.33 bits per heavy atom. The number of hydrogen-bond acceptors (Lipinski definition) is 5. The molecule has 2 amide bonds. The van der Waals surface area contributed by atoms with Crippen LogP contribution < -0.4 is 5.32 Å². The summed E-state index contributed by atoms with van der Waals surface area (Å²) in [6.07, 6.45) is 4.20. The molecule has 0 spiro atoms. The Bertz CT molecular complexity index is 668. The number of nitrogens with zero attached hydrogens (tertiary/aromatic N) is 2. The van der Waals surface area contributed by atoms with Crippen LogP contribution >= 0.6 is 0 Å². The second-order valence-corrected chi connectivity index (χ2v) is 8.03. The van der Waals surface area contributed by atoms with Gasteiger partial charge in [0.25, 0.3) is 0 Å². The number of ether oxygens (including phenoxy) is 1. The topological polar surface area (TPSA) is 137 Å². The fourth-order valence-electron chi connectivity index (χ4n) is 3.52. The normalized spacial score (nSPS) is 17.1. The maximum absolute atomic E-state index is 12.2. The summed E-state index contributed by atoms with van der Waals surface area (Å²) in [5, 5.41) is 25.6. The minimum absolute atomic E-state index is 0. The molecule has 1 aromatic carbocycles. The Hall–Kier alpha value is -0.871. The third-order valence-electron chi connectivity index (χ3n) is 5.45. The molecule has 0 aliphatic carbocycles. The number of carbonyl (C=O) groups is 2. The van der Waals surface area contributed by atoms with Gasteiger partial charge in [0.1, 0.15) is 0 Å². The van der Waals surface area contributed by atoms with Crippen LogP contribution in [0.1, 0.15) is 37.7 Å². The third-order valence-corrected chi connectivity index (χ3v) is 5.45. The Morgan fingerprint density at radius 1 is 1.15 bits per heavy atom. The van der Waals surface area contributed by atoms with Crippen LogP contribution in [0.4, 0.5) is 0 Å². The fourth-order valence-corrected chi connectivity index (χ4v) is 3.52. The molecule has 0 saturated carbocycles. The molecule has 2 heterocycles. The van der Waals surface area contributed by atoms with Gasteiger partial charge in [0, 0.05) is 52.2 Å². The second-order valence-electron chi connectivity index (χ2n) is 8.03. The minimum atomic E-state index is -1.72. The number of nitrogens with one attached hydrogen (secondary N) is 2. The molecule has 2 atom stereocenters. The first-order chi connectivity index (χ1) is 15.5. The van der Waals surface area contributed by atoms with E-state index < -0.39 is 25.0 Å². The van der Waals surface area contributed by atoms with Gasteiger partial charge >= 0.3 is 7.12 Å². The summed E-state index contributed by atoms with van der Waals surface area (Å²) in [5.74, 6) is -1.81. The van der Waals surface area contributed by atoms with Crippen molar-refractivity contribution in [3.63, 3.8) is 0 Å². The van der Waals surface area contributed by atoms with E-state index in [9.17, 15) is 19.6 Å². The molecule has 9 nitrogen and oxygen atoms in total. The van der Waals surface area contributed by atoms with Crippen molar-refractivity contribution in [2.45, 2.75) is 50.5 Å². The molecule has 11 heteroatoms. The largest absolute Gasteiger partial charge is 0.666 e. The number of rotatable bonds is 9. The van der Waals surface area contributed by atoms with Crippen molar-refractivity contribution in [1.29, 1.82) is 0 Å². The van der Waals surface area contributed by atoms with Crippen molar-refractivity contribution in [1.82, 2.24) is 10.2 Å². The van der Waals surface area contributed by atoms with Crippen LogP contribution in [0.25, 0.3) is 11.1 Å². The van der Waals surface area contributed by atoms with E-state index in [0.717, 1.165) is 25.1 Å².